The number of Topliss-reactive ketones (excluding diaryl/α,β-unsaturated/α-hetero) is 1. The Morgan fingerprint density at radius 3 is 2.28 bits per heavy atom. The standard InChI is InChI=1S/C14H16O4/c1-8(2)7-9-3-5-10(6-4-9)13-11(15)12(16)14(17)18-13/h3-6,8,12-13,16H,7H2,1-2H3/t12?,13-/m0/s1. The van der Waals surface area contributed by atoms with Crippen LogP contribution in [0.3, 0.4) is 0 Å². The molecule has 4 heteroatoms. The second kappa shape index (κ2) is 4.90. The Morgan fingerprint density at radius 2 is 1.83 bits per heavy atom. The first-order valence-electron chi connectivity index (χ1n) is 6.00. The topological polar surface area (TPSA) is 63.6 Å². The van der Waals surface area contributed by atoms with E-state index in [2.05, 4.69) is 13.8 Å². The van der Waals surface area contributed by atoms with Gasteiger partial charge in [-0.05, 0) is 17.9 Å². The van der Waals surface area contributed by atoms with Gasteiger partial charge in [0.15, 0.2) is 6.10 Å². The molecule has 0 saturated carbocycles. The molecule has 0 bridgehead atoms. The number of hydrogen-bond acceptors (Lipinski definition) is 4. The Hall–Kier alpha value is -1.68. The molecule has 1 saturated heterocycles. The zero-order valence-corrected chi connectivity index (χ0v) is 10.4. The zero-order chi connectivity index (χ0) is 13.3. The number of esters is 1. The molecule has 2 rings (SSSR count). The molecule has 18 heavy (non-hydrogen) atoms. The molecule has 0 aromatic heterocycles. The lowest BCUT2D eigenvalue weighted by Gasteiger charge is -2.10. The number of carbonyl (C=O) groups excluding carboxylic acids is 2. The van der Waals surface area contributed by atoms with Gasteiger partial charge in [0.1, 0.15) is 0 Å². The van der Waals surface area contributed by atoms with E-state index in [1.54, 1.807) is 12.1 Å². The summed E-state index contributed by atoms with van der Waals surface area (Å²) in [5.74, 6) is -0.892. The largest absolute Gasteiger partial charge is 0.447 e. The number of ketones is 1. The van der Waals surface area contributed by atoms with Gasteiger partial charge < -0.3 is 9.84 Å². The van der Waals surface area contributed by atoms with Crippen molar-refractivity contribution in [3.8, 4) is 0 Å². The highest BCUT2D eigenvalue weighted by Gasteiger charge is 2.42. The van der Waals surface area contributed by atoms with E-state index >= 15 is 0 Å². The van der Waals surface area contributed by atoms with Crippen LogP contribution in [0.1, 0.15) is 31.1 Å². The molecule has 0 radical (unpaired) electrons. The van der Waals surface area contributed by atoms with Crippen molar-refractivity contribution in [2.45, 2.75) is 32.5 Å². The van der Waals surface area contributed by atoms with Crippen LogP contribution < -0.4 is 0 Å². The molecule has 1 fully saturated rings. The predicted molar refractivity (Wildman–Crippen MR) is 64.8 cm³/mol. The van der Waals surface area contributed by atoms with Gasteiger partial charge in [-0.25, -0.2) is 4.79 Å². The smallest absolute Gasteiger partial charge is 0.344 e. The maximum absolute atomic E-state index is 11.6. The van der Waals surface area contributed by atoms with Gasteiger partial charge in [0.2, 0.25) is 11.9 Å². The van der Waals surface area contributed by atoms with Crippen LogP contribution in [-0.2, 0) is 20.7 Å². The van der Waals surface area contributed by atoms with Crippen molar-refractivity contribution >= 4 is 11.8 Å². The van der Waals surface area contributed by atoms with Crippen LogP contribution in [0.2, 0.25) is 0 Å². The predicted octanol–water partition coefficient (Wildman–Crippen LogP) is 1.41. The Labute approximate surface area is 106 Å². The third-order valence-electron chi connectivity index (χ3n) is 2.91. The van der Waals surface area contributed by atoms with Crippen molar-refractivity contribution < 1.29 is 19.4 Å². The molecule has 1 N–H and O–H groups in total. The highest BCUT2D eigenvalue weighted by Crippen LogP contribution is 2.27. The summed E-state index contributed by atoms with van der Waals surface area (Å²) >= 11 is 0. The number of hydrogen-bond donors (Lipinski definition) is 1. The maximum atomic E-state index is 11.6. The number of ether oxygens (including phenoxy) is 1. The van der Waals surface area contributed by atoms with E-state index in [1.165, 1.54) is 5.56 Å². The van der Waals surface area contributed by atoms with Crippen LogP contribution in [0.4, 0.5) is 0 Å². The second-order valence-corrected chi connectivity index (χ2v) is 4.96. The van der Waals surface area contributed by atoms with E-state index in [0.717, 1.165) is 6.42 Å². The summed E-state index contributed by atoms with van der Waals surface area (Å²) < 4.78 is 4.85. The van der Waals surface area contributed by atoms with Gasteiger partial charge in [0.05, 0.1) is 0 Å². The average molecular weight is 248 g/mol. The second-order valence-electron chi connectivity index (χ2n) is 4.96. The lowest BCUT2D eigenvalue weighted by Crippen LogP contribution is -2.21. The quantitative estimate of drug-likeness (QED) is 0.649. The van der Waals surface area contributed by atoms with Crippen LogP contribution in [-0.4, -0.2) is 23.0 Å². The minimum Gasteiger partial charge on any atom is -0.447 e. The molecular formula is C14H16O4. The molecule has 1 heterocycles. The first kappa shape index (κ1) is 12.8. The number of rotatable bonds is 3. The molecule has 1 aromatic carbocycles. The molecule has 0 amide bonds. The van der Waals surface area contributed by atoms with Crippen LogP contribution in [0, 0.1) is 5.92 Å². The zero-order valence-electron chi connectivity index (χ0n) is 10.4. The summed E-state index contributed by atoms with van der Waals surface area (Å²) in [6.45, 7) is 4.26. The van der Waals surface area contributed by atoms with Crippen molar-refractivity contribution in [1.82, 2.24) is 0 Å². The lowest BCUT2D eigenvalue weighted by molar-refractivity contribution is -0.147. The normalized spacial score (nSPS) is 23.6. The highest BCUT2D eigenvalue weighted by molar-refractivity contribution is 6.09. The first-order valence-corrected chi connectivity index (χ1v) is 6.00. The van der Waals surface area contributed by atoms with E-state index in [9.17, 15) is 14.7 Å². The van der Waals surface area contributed by atoms with E-state index < -0.39 is 24.0 Å². The molecule has 0 aliphatic carbocycles. The van der Waals surface area contributed by atoms with E-state index in [4.69, 9.17) is 4.74 Å². The molecule has 1 aromatic rings. The van der Waals surface area contributed by atoms with Crippen molar-refractivity contribution in [1.29, 1.82) is 0 Å². The molecule has 1 aliphatic rings. The first-order chi connectivity index (χ1) is 8.49. The summed E-state index contributed by atoms with van der Waals surface area (Å²) in [7, 11) is 0. The molecule has 1 unspecified atom stereocenters. The Morgan fingerprint density at radius 1 is 1.22 bits per heavy atom. The van der Waals surface area contributed by atoms with Gasteiger partial charge in [-0.1, -0.05) is 38.1 Å². The Balaban J connectivity index is 2.15. The summed E-state index contributed by atoms with van der Waals surface area (Å²) in [6.07, 6.45) is -1.63. The van der Waals surface area contributed by atoms with Gasteiger partial charge in [0, 0.05) is 5.56 Å². The minimum absolute atomic E-state index is 0.559. The van der Waals surface area contributed by atoms with Gasteiger partial charge in [-0.3, -0.25) is 4.79 Å². The number of benzene rings is 1. The van der Waals surface area contributed by atoms with Gasteiger partial charge in [0.25, 0.3) is 0 Å². The fourth-order valence-electron chi connectivity index (χ4n) is 2.03. The van der Waals surface area contributed by atoms with Crippen LogP contribution in [0.5, 0.6) is 0 Å². The summed E-state index contributed by atoms with van der Waals surface area (Å²) in [5.41, 5.74) is 1.78. The van der Waals surface area contributed by atoms with Crippen LogP contribution in [0.15, 0.2) is 24.3 Å². The van der Waals surface area contributed by atoms with Gasteiger partial charge >= 0.3 is 5.97 Å². The van der Waals surface area contributed by atoms with Crippen molar-refractivity contribution in [2.24, 2.45) is 5.92 Å². The van der Waals surface area contributed by atoms with E-state index in [0.29, 0.717) is 11.5 Å². The van der Waals surface area contributed by atoms with Crippen molar-refractivity contribution in [2.75, 3.05) is 0 Å². The van der Waals surface area contributed by atoms with Gasteiger partial charge in [-0.2, -0.15) is 0 Å². The maximum Gasteiger partial charge on any atom is 0.344 e. The average Bonchev–Trinajstić information content (AvgIpc) is 2.57. The Kier molecular flexibility index (Phi) is 3.48. The third kappa shape index (κ3) is 2.43. The number of aliphatic hydroxyl groups excluding tert-OH is 1. The monoisotopic (exact) mass is 248 g/mol. The lowest BCUT2D eigenvalue weighted by atomic mass is 9.99. The Bertz CT molecular complexity index is 461. The van der Waals surface area contributed by atoms with Crippen LogP contribution >= 0.6 is 0 Å². The molecule has 0 spiro atoms. The fourth-order valence-corrected chi connectivity index (χ4v) is 2.03. The van der Waals surface area contributed by atoms with Crippen molar-refractivity contribution in [3.05, 3.63) is 35.4 Å². The van der Waals surface area contributed by atoms with Gasteiger partial charge in [-0.15, -0.1) is 0 Å². The number of cyclic esters (lactones) is 1. The molecular weight excluding hydrogens is 232 g/mol. The molecule has 4 nitrogen and oxygen atoms in total. The highest BCUT2D eigenvalue weighted by atomic mass is 16.6. The van der Waals surface area contributed by atoms with E-state index in [1.807, 2.05) is 12.1 Å². The minimum atomic E-state index is -1.63. The fraction of sp³-hybridized carbons (Fsp3) is 0.429. The SMILES string of the molecule is CC(C)Cc1ccc([C@@H]2OC(=O)C(O)C2=O)cc1. The summed E-state index contributed by atoms with van der Waals surface area (Å²) in [4.78, 5) is 22.7. The summed E-state index contributed by atoms with van der Waals surface area (Å²) in [5, 5.41) is 9.25. The van der Waals surface area contributed by atoms with Crippen LogP contribution in [0.25, 0.3) is 0 Å². The van der Waals surface area contributed by atoms with E-state index in [-0.39, 0.29) is 0 Å². The summed E-state index contributed by atoms with van der Waals surface area (Å²) in [6, 6.07) is 7.37. The number of aliphatic hydroxyl groups is 1. The molecule has 1 aliphatic heterocycles. The third-order valence-corrected chi connectivity index (χ3v) is 2.91. The van der Waals surface area contributed by atoms with Crippen molar-refractivity contribution in [3.63, 3.8) is 0 Å². The number of carbonyl (C=O) groups is 2. The molecule has 2 atom stereocenters. The molecule has 96 valence electrons.